The van der Waals surface area contributed by atoms with Crippen LogP contribution in [-0.2, 0) is 0 Å². The van der Waals surface area contributed by atoms with Gasteiger partial charge in [-0.25, -0.2) is 9.97 Å². The van der Waals surface area contributed by atoms with Crippen molar-refractivity contribution < 1.29 is 0 Å². The zero-order valence-corrected chi connectivity index (χ0v) is 30.6. The van der Waals surface area contributed by atoms with Crippen LogP contribution in [0.2, 0.25) is 0 Å². The third-order valence-electron chi connectivity index (χ3n) is 10.9. The second-order valence-electron chi connectivity index (χ2n) is 14.1. The normalized spacial score (nSPS) is 11.6. The molecule has 11 rings (SSSR count). The van der Waals surface area contributed by atoms with E-state index in [2.05, 4.69) is 194 Å². The first-order chi connectivity index (χ1) is 27.2. The summed E-state index contributed by atoms with van der Waals surface area (Å²) in [5.74, 6) is 0.718. The smallest absolute Gasteiger partial charge is 0.161 e. The number of nitrogens with zero attached hydrogens (tertiary/aromatic N) is 2. The van der Waals surface area contributed by atoms with Crippen molar-refractivity contribution in [2.75, 3.05) is 0 Å². The molecule has 0 bridgehead atoms. The minimum absolute atomic E-state index is 0.718. The van der Waals surface area contributed by atoms with Gasteiger partial charge in [0.25, 0.3) is 0 Å². The Hall–Kier alpha value is -6.94. The van der Waals surface area contributed by atoms with E-state index in [0.717, 1.165) is 44.7 Å². The van der Waals surface area contributed by atoms with Crippen LogP contribution in [0.3, 0.4) is 0 Å². The van der Waals surface area contributed by atoms with Gasteiger partial charge in [0.15, 0.2) is 5.82 Å². The van der Waals surface area contributed by atoms with Crippen molar-refractivity contribution in [3.63, 3.8) is 0 Å². The lowest BCUT2D eigenvalue weighted by Crippen LogP contribution is -1.98. The van der Waals surface area contributed by atoms with Crippen molar-refractivity contribution in [1.29, 1.82) is 0 Å². The number of rotatable bonds is 5. The van der Waals surface area contributed by atoms with Crippen molar-refractivity contribution in [3.05, 3.63) is 194 Å². The number of fused-ring (bicyclic) bond motifs is 7. The van der Waals surface area contributed by atoms with Crippen LogP contribution in [0.5, 0.6) is 0 Å². The molecule has 0 amide bonds. The fourth-order valence-corrected chi connectivity index (χ4v) is 9.21. The molecule has 0 saturated heterocycles. The number of hydrogen-bond acceptors (Lipinski definition) is 3. The lowest BCUT2D eigenvalue weighted by atomic mass is 9.92. The van der Waals surface area contributed by atoms with Crippen molar-refractivity contribution in [1.82, 2.24) is 9.97 Å². The Balaban J connectivity index is 1.09. The Labute approximate surface area is 322 Å². The Bertz CT molecular complexity index is 3230. The lowest BCUT2D eigenvalue weighted by Gasteiger charge is -2.15. The van der Waals surface area contributed by atoms with E-state index in [0.29, 0.717) is 0 Å². The SMILES string of the molecule is c1ccc(-c2ccc(-c3cc(-c4ccc(-c5ccc6sc7ccccc7c6c5)cc4)nc(-c4c5ccccc5cc5c4ccc4ccccc45)n3)cc2)cc1. The van der Waals surface area contributed by atoms with Gasteiger partial charge in [-0.3, -0.25) is 0 Å². The van der Waals surface area contributed by atoms with Crippen LogP contribution < -0.4 is 0 Å². The molecule has 3 heteroatoms. The maximum absolute atomic E-state index is 5.41. The maximum atomic E-state index is 5.41. The molecule has 0 atom stereocenters. The Morgan fingerprint density at radius 3 is 1.58 bits per heavy atom. The molecule has 0 aliphatic carbocycles. The van der Waals surface area contributed by atoms with Gasteiger partial charge in [0, 0.05) is 36.9 Å². The molecule has 0 fully saturated rings. The average Bonchev–Trinajstić information content (AvgIpc) is 3.64. The van der Waals surface area contributed by atoms with Gasteiger partial charge in [0.05, 0.1) is 11.4 Å². The van der Waals surface area contributed by atoms with Gasteiger partial charge >= 0.3 is 0 Å². The zero-order chi connectivity index (χ0) is 36.3. The van der Waals surface area contributed by atoms with Gasteiger partial charge in [-0.1, -0.05) is 164 Å². The molecule has 0 N–H and O–H groups in total. The van der Waals surface area contributed by atoms with Crippen LogP contribution >= 0.6 is 11.3 Å². The molecule has 0 aliphatic rings. The second kappa shape index (κ2) is 12.9. The summed E-state index contributed by atoms with van der Waals surface area (Å²) >= 11 is 1.85. The highest BCUT2D eigenvalue weighted by atomic mass is 32.1. The van der Waals surface area contributed by atoms with Crippen LogP contribution in [0.25, 0.3) is 109 Å². The number of aromatic nitrogens is 2. The van der Waals surface area contributed by atoms with E-state index in [1.807, 2.05) is 11.3 Å². The molecule has 11 aromatic rings. The van der Waals surface area contributed by atoms with E-state index in [4.69, 9.17) is 9.97 Å². The van der Waals surface area contributed by atoms with E-state index in [1.165, 1.54) is 64.0 Å². The van der Waals surface area contributed by atoms with Crippen LogP contribution in [0.15, 0.2) is 194 Å². The number of hydrogen-bond donors (Lipinski definition) is 0. The van der Waals surface area contributed by atoms with Gasteiger partial charge in [-0.2, -0.15) is 0 Å². The Kier molecular flexibility index (Phi) is 7.39. The lowest BCUT2D eigenvalue weighted by molar-refractivity contribution is 1.19. The molecule has 9 aromatic carbocycles. The summed E-state index contributed by atoms with van der Waals surface area (Å²) in [6, 6.07) is 69.8. The van der Waals surface area contributed by atoms with Crippen molar-refractivity contribution >= 4 is 63.8 Å². The summed E-state index contributed by atoms with van der Waals surface area (Å²) in [5.41, 5.74) is 9.68. The largest absolute Gasteiger partial charge is 0.228 e. The fourth-order valence-electron chi connectivity index (χ4n) is 8.12. The highest BCUT2D eigenvalue weighted by Gasteiger charge is 2.18. The predicted octanol–water partition coefficient (Wildman–Crippen LogP) is 14.6. The molecule has 0 saturated carbocycles. The third kappa shape index (κ3) is 5.48. The molecular formula is C52H32N2S. The second-order valence-corrected chi connectivity index (χ2v) is 15.2. The van der Waals surface area contributed by atoms with Crippen LogP contribution in [-0.4, -0.2) is 9.97 Å². The van der Waals surface area contributed by atoms with Gasteiger partial charge in [-0.15, -0.1) is 11.3 Å². The van der Waals surface area contributed by atoms with Crippen LogP contribution in [0.1, 0.15) is 0 Å². The van der Waals surface area contributed by atoms with Crippen molar-refractivity contribution in [2.45, 2.75) is 0 Å². The summed E-state index contributed by atoms with van der Waals surface area (Å²) in [5, 5.41) is 9.72. The van der Waals surface area contributed by atoms with Crippen molar-refractivity contribution in [3.8, 4) is 56.2 Å². The molecule has 0 unspecified atom stereocenters. The van der Waals surface area contributed by atoms with Gasteiger partial charge < -0.3 is 0 Å². The molecule has 55 heavy (non-hydrogen) atoms. The summed E-state index contributed by atoms with van der Waals surface area (Å²) in [7, 11) is 0. The Morgan fingerprint density at radius 2 is 0.836 bits per heavy atom. The third-order valence-corrected chi connectivity index (χ3v) is 12.1. The molecule has 0 spiro atoms. The van der Waals surface area contributed by atoms with Gasteiger partial charge in [0.1, 0.15) is 0 Å². The standard InChI is InChI=1S/C52H32N2S/c1-2-10-33(11-3-1)34-18-22-37(23-19-34)47-32-48(38-24-20-35(21-25-38)39-27-29-50-46(30-39)43-16-8-9-17-49(43)55-50)54-52(53-47)51-42-15-7-5-13-40(42)31-45-41-14-6-4-12-36(41)26-28-44(45)51/h1-32H. The Morgan fingerprint density at radius 1 is 0.291 bits per heavy atom. The number of thiophene rings is 1. The summed E-state index contributed by atoms with van der Waals surface area (Å²) in [6.07, 6.45) is 0. The summed E-state index contributed by atoms with van der Waals surface area (Å²) < 4.78 is 2.63. The highest BCUT2D eigenvalue weighted by molar-refractivity contribution is 7.25. The minimum Gasteiger partial charge on any atom is -0.228 e. The monoisotopic (exact) mass is 716 g/mol. The van der Waals surface area contributed by atoms with E-state index >= 15 is 0 Å². The van der Waals surface area contributed by atoms with Gasteiger partial charge in [-0.05, 0) is 84.9 Å². The number of benzene rings is 9. The molecule has 256 valence electrons. The maximum Gasteiger partial charge on any atom is 0.161 e. The molecule has 2 aromatic heterocycles. The highest BCUT2D eigenvalue weighted by Crippen LogP contribution is 2.41. The van der Waals surface area contributed by atoms with Gasteiger partial charge in [0.2, 0.25) is 0 Å². The van der Waals surface area contributed by atoms with E-state index < -0.39 is 0 Å². The van der Waals surface area contributed by atoms with E-state index in [-0.39, 0.29) is 0 Å². The fraction of sp³-hybridized carbons (Fsp3) is 0. The van der Waals surface area contributed by atoms with Crippen LogP contribution in [0.4, 0.5) is 0 Å². The van der Waals surface area contributed by atoms with Crippen molar-refractivity contribution in [2.24, 2.45) is 0 Å². The summed E-state index contributed by atoms with van der Waals surface area (Å²) in [6.45, 7) is 0. The average molecular weight is 717 g/mol. The predicted molar refractivity (Wildman–Crippen MR) is 235 cm³/mol. The zero-order valence-electron chi connectivity index (χ0n) is 29.8. The molecule has 0 radical (unpaired) electrons. The molecule has 2 heterocycles. The first-order valence-electron chi connectivity index (χ1n) is 18.6. The van der Waals surface area contributed by atoms with Crippen LogP contribution in [0, 0.1) is 0 Å². The molecule has 2 nitrogen and oxygen atoms in total. The summed E-state index contributed by atoms with van der Waals surface area (Å²) in [4.78, 5) is 10.8. The molecule has 0 aliphatic heterocycles. The van der Waals surface area contributed by atoms with E-state index in [1.54, 1.807) is 0 Å². The minimum atomic E-state index is 0.718. The topological polar surface area (TPSA) is 25.8 Å². The molecular weight excluding hydrogens is 685 g/mol. The first kappa shape index (κ1) is 31.6. The first-order valence-corrected chi connectivity index (χ1v) is 19.5. The quantitative estimate of drug-likeness (QED) is 0.131. The van der Waals surface area contributed by atoms with E-state index in [9.17, 15) is 0 Å².